The Morgan fingerprint density at radius 2 is 2.43 bits per heavy atom. The molecule has 0 atom stereocenters. The van der Waals surface area contributed by atoms with Gasteiger partial charge in [-0.1, -0.05) is 5.16 Å². The molecule has 2 rings (SSSR count). The normalized spacial score (nSPS) is 10.3. The second-order valence-electron chi connectivity index (χ2n) is 2.48. The SMILES string of the molecule is N=C(N)c1nonc1Cn1cnnn1. The number of nitrogens with two attached hydrogens (primary N) is 1. The highest BCUT2D eigenvalue weighted by Gasteiger charge is 2.13. The zero-order valence-electron chi connectivity index (χ0n) is 6.95. The molecule has 2 aromatic rings. The summed E-state index contributed by atoms with van der Waals surface area (Å²) in [6.07, 6.45) is 1.42. The van der Waals surface area contributed by atoms with Crippen LogP contribution in [0.4, 0.5) is 0 Å². The third kappa shape index (κ3) is 1.42. The predicted molar refractivity (Wildman–Crippen MR) is 42.2 cm³/mol. The van der Waals surface area contributed by atoms with E-state index in [0.29, 0.717) is 5.69 Å². The number of aromatic nitrogens is 6. The van der Waals surface area contributed by atoms with Gasteiger partial charge in [-0.3, -0.25) is 5.41 Å². The lowest BCUT2D eigenvalue weighted by atomic mass is 10.3. The summed E-state index contributed by atoms with van der Waals surface area (Å²) < 4.78 is 5.88. The quantitative estimate of drug-likeness (QED) is 0.443. The van der Waals surface area contributed by atoms with Gasteiger partial charge in [0.15, 0.2) is 5.69 Å². The molecule has 0 bridgehead atoms. The molecule has 0 radical (unpaired) electrons. The van der Waals surface area contributed by atoms with Crippen molar-refractivity contribution in [3.05, 3.63) is 17.7 Å². The number of rotatable bonds is 3. The Bertz CT molecular complexity index is 430. The first-order chi connectivity index (χ1) is 6.77. The summed E-state index contributed by atoms with van der Waals surface area (Å²) >= 11 is 0. The molecule has 0 aliphatic rings. The Hall–Kier alpha value is -2.32. The Balaban J connectivity index is 2.25. The van der Waals surface area contributed by atoms with Crippen LogP contribution in [0.5, 0.6) is 0 Å². The van der Waals surface area contributed by atoms with E-state index < -0.39 is 0 Å². The van der Waals surface area contributed by atoms with Crippen LogP contribution in [-0.2, 0) is 6.54 Å². The molecule has 9 nitrogen and oxygen atoms in total. The molecule has 14 heavy (non-hydrogen) atoms. The van der Waals surface area contributed by atoms with Gasteiger partial charge in [0, 0.05) is 0 Å². The summed E-state index contributed by atoms with van der Waals surface area (Å²) in [5.74, 6) is -0.200. The third-order valence-electron chi connectivity index (χ3n) is 1.51. The van der Waals surface area contributed by atoms with Crippen molar-refractivity contribution in [3.8, 4) is 0 Å². The fourth-order valence-electron chi connectivity index (χ4n) is 0.921. The summed E-state index contributed by atoms with van der Waals surface area (Å²) in [6.45, 7) is 0.269. The van der Waals surface area contributed by atoms with Crippen molar-refractivity contribution in [3.63, 3.8) is 0 Å². The molecule has 2 heterocycles. The molecular weight excluding hydrogens is 188 g/mol. The number of nitrogen functional groups attached to an aromatic ring is 1. The topological polar surface area (TPSA) is 132 Å². The molecule has 0 saturated carbocycles. The Kier molecular flexibility index (Phi) is 1.89. The molecule has 0 aromatic carbocycles. The first-order valence-electron chi connectivity index (χ1n) is 3.64. The van der Waals surface area contributed by atoms with Crippen LogP contribution in [0.2, 0.25) is 0 Å². The van der Waals surface area contributed by atoms with Crippen LogP contribution in [0.1, 0.15) is 11.4 Å². The van der Waals surface area contributed by atoms with Gasteiger partial charge in [0.05, 0.1) is 6.54 Å². The fourth-order valence-corrected chi connectivity index (χ4v) is 0.921. The van der Waals surface area contributed by atoms with E-state index in [9.17, 15) is 0 Å². The highest BCUT2D eigenvalue weighted by atomic mass is 16.6. The Morgan fingerprint density at radius 3 is 3.07 bits per heavy atom. The van der Waals surface area contributed by atoms with Gasteiger partial charge in [0.2, 0.25) is 0 Å². The van der Waals surface area contributed by atoms with Crippen molar-refractivity contribution in [1.82, 2.24) is 30.5 Å². The lowest BCUT2D eigenvalue weighted by Crippen LogP contribution is -2.15. The minimum atomic E-state index is -0.200. The van der Waals surface area contributed by atoms with Gasteiger partial charge in [-0.2, -0.15) is 0 Å². The molecule has 0 spiro atoms. The smallest absolute Gasteiger partial charge is 0.174 e. The van der Waals surface area contributed by atoms with Gasteiger partial charge in [-0.15, -0.1) is 5.10 Å². The second-order valence-corrected chi connectivity index (χ2v) is 2.48. The molecule has 9 heteroatoms. The fraction of sp³-hybridized carbons (Fsp3) is 0.200. The van der Waals surface area contributed by atoms with Gasteiger partial charge in [-0.05, 0) is 15.6 Å². The zero-order chi connectivity index (χ0) is 9.97. The molecule has 3 N–H and O–H groups in total. The molecule has 0 aliphatic carbocycles. The maximum atomic E-state index is 7.18. The zero-order valence-corrected chi connectivity index (χ0v) is 6.95. The summed E-state index contributed by atoms with van der Waals surface area (Å²) in [5.41, 5.74) is 5.88. The average Bonchev–Trinajstić information content (AvgIpc) is 2.75. The molecular formula is C5H6N8O. The molecule has 0 fully saturated rings. The van der Waals surface area contributed by atoms with Gasteiger partial charge in [0.25, 0.3) is 0 Å². The van der Waals surface area contributed by atoms with Crippen molar-refractivity contribution in [2.75, 3.05) is 0 Å². The molecule has 0 saturated heterocycles. The van der Waals surface area contributed by atoms with E-state index in [2.05, 4.69) is 30.5 Å². The molecule has 72 valence electrons. The number of hydrogen-bond acceptors (Lipinski definition) is 7. The molecule has 0 unspecified atom stereocenters. The van der Waals surface area contributed by atoms with Crippen LogP contribution in [0.15, 0.2) is 11.0 Å². The van der Waals surface area contributed by atoms with E-state index in [-0.39, 0.29) is 18.1 Å². The van der Waals surface area contributed by atoms with Crippen LogP contribution >= 0.6 is 0 Å². The third-order valence-corrected chi connectivity index (χ3v) is 1.51. The van der Waals surface area contributed by atoms with Crippen LogP contribution in [0.3, 0.4) is 0 Å². The highest BCUT2D eigenvalue weighted by Crippen LogP contribution is 2.02. The van der Waals surface area contributed by atoms with Crippen molar-refractivity contribution < 1.29 is 4.63 Å². The lowest BCUT2D eigenvalue weighted by molar-refractivity contribution is 0.301. The second kappa shape index (κ2) is 3.20. The van der Waals surface area contributed by atoms with Gasteiger partial charge in [-0.25, -0.2) is 9.31 Å². The van der Waals surface area contributed by atoms with E-state index in [1.54, 1.807) is 0 Å². The maximum Gasteiger partial charge on any atom is 0.174 e. The van der Waals surface area contributed by atoms with Gasteiger partial charge < -0.3 is 5.73 Å². The number of hydrogen-bond donors (Lipinski definition) is 2. The standard InChI is InChI=1S/C5H6N8O/c6-5(7)4-3(9-14-10-4)1-13-2-8-11-12-13/h2H,1H2,(H3,6,7). The first kappa shape index (κ1) is 8.29. The van der Waals surface area contributed by atoms with E-state index in [1.165, 1.54) is 11.0 Å². The minimum Gasteiger partial charge on any atom is -0.382 e. The molecule has 2 aromatic heterocycles. The van der Waals surface area contributed by atoms with Gasteiger partial charge >= 0.3 is 0 Å². The number of tetrazole rings is 1. The molecule has 0 aliphatic heterocycles. The average molecular weight is 194 g/mol. The first-order valence-corrected chi connectivity index (χ1v) is 3.64. The van der Waals surface area contributed by atoms with Crippen molar-refractivity contribution in [2.24, 2.45) is 5.73 Å². The van der Waals surface area contributed by atoms with Crippen LogP contribution in [0.25, 0.3) is 0 Å². The number of nitrogens with zero attached hydrogens (tertiary/aromatic N) is 6. The van der Waals surface area contributed by atoms with E-state index >= 15 is 0 Å². The van der Waals surface area contributed by atoms with Crippen molar-refractivity contribution >= 4 is 5.84 Å². The highest BCUT2D eigenvalue weighted by molar-refractivity contribution is 5.93. The Labute approximate surface area is 77.4 Å². The van der Waals surface area contributed by atoms with E-state index in [0.717, 1.165) is 0 Å². The van der Waals surface area contributed by atoms with Gasteiger partial charge in [0.1, 0.15) is 17.9 Å². The number of nitrogens with one attached hydrogen (secondary N) is 1. The van der Waals surface area contributed by atoms with Crippen LogP contribution < -0.4 is 5.73 Å². The summed E-state index contributed by atoms with van der Waals surface area (Å²) in [4.78, 5) is 0. The van der Waals surface area contributed by atoms with Crippen LogP contribution in [-0.4, -0.2) is 36.4 Å². The van der Waals surface area contributed by atoms with E-state index in [4.69, 9.17) is 11.1 Å². The summed E-state index contributed by atoms with van der Waals surface area (Å²) in [5, 5.41) is 24.8. The predicted octanol–water partition coefficient (Wildman–Crippen LogP) is -1.61. The monoisotopic (exact) mass is 194 g/mol. The summed E-state index contributed by atoms with van der Waals surface area (Å²) in [7, 11) is 0. The molecule has 0 amide bonds. The van der Waals surface area contributed by atoms with Crippen molar-refractivity contribution in [2.45, 2.75) is 6.54 Å². The maximum absolute atomic E-state index is 7.18. The van der Waals surface area contributed by atoms with E-state index in [1.807, 2.05) is 0 Å². The lowest BCUT2D eigenvalue weighted by Gasteiger charge is -1.95. The minimum absolute atomic E-state index is 0.200. The van der Waals surface area contributed by atoms with Crippen LogP contribution in [0, 0.1) is 5.41 Å². The Morgan fingerprint density at radius 1 is 1.57 bits per heavy atom. The van der Waals surface area contributed by atoms with Crippen molar-refractivity contribution in [1.29, 1.82) is 5.41 Å². The summed E-state index contributed by atoms with van der Waals surface area (Å²) in [6, 6.07) is 0. The largest absolute Gasteiger partial charge is 0.382 e. The number of amidine groups is 1.